The monoisotopic (exact) mass is 702 g/mol. The number of thiazole rings is 2. The minimum Gasteiger partial charge on any atom is -0.325 e. The van der Waals surface area contributed by atoms with Crippen LogP contribution < -0.4 is 10.2 Å². The van der Waals surface area contributed by atoms with Gasteiger partial charge in [-0.05, 0) is 66.2 Å². The SMILES string of the molecule is O=C(CSc1nc2ccc(N3C(=O)c4ccccc4C3=O)cc2s1)Nc1ccc2nc(SCc3ccc(Br)cc3)sc2c1. The van der Waals surface area contributed by atoms with Gasteiger partial charge >= 0.3 is 0 Å². The van der Waals surface area contributed by atoms with Crippen molar-refractivity contribution in [2.24, 2.45) is 0 Å². The number of thioether (sulfide) groups is 2. The number of halogens is 1. The van der Waals surface area contributed by atoms with E-state index < -0.39 is 0 Å². The molecule has 0 radical (unpaired) electrons. The zero-order valence-electron chi connectivity index (χ0n) is 22.1. The summed E-state index contributed by atoms with van der Waals surface area (Å²) in [4.78, 5) is 49.1. The standard InChI is InChI=1S/C31H19BrN4O3S4/c32-18-7-5-17(6-8-18)15-40-30-34-23-11-9-19(13-25(23)42-30)33-27(37)16-41-31-35-24-12-10-20(14-26(24)43-31)36-28(38)21-3-1-2-4-22(21)29(36)39/h1-14H,15-16H2,(H,33,37). The Labute approximate surface area is 270 Å². The van der Waals surface area contributed by atoms with Gasteiger partial charge in [0.2, 0.25) is 5.91 Å². The highest BCUT2D eigenvalue weighted by Gasteiger charge is 2.36. The Morgan fingerprint density at radius 2 is 1.42 bits per heavy atom. The predicted octanol–water partition coefficient (Wildman–Crippen LogP) is 8.49. The lowest BCUT2D eigenvalue weighted by molar-refractivity contribution is -0.113. The van der Waals surface area contributed by atoms with Crippen LogP contribution in [-0.4, -0.2) is 33.4 Å². The maximum Gasteiger partial charge on any atom is 0.266 e. The maximum atomic E-state index is 12.9. The van der Waals surface area contributed by atoms with Crippen molar-refractivity contribution < 1.29 is 14.4 Å². The van der Waals surface area contributed by atoms with Crippen LogP contribution in [0.2, 0.25) is 0 Å². The van der Waals surface area contributed by atoms with Gasteiger partial charge in [-0.25, -0.2) is 14.9 Å². The molecule has 4 aromatic carbocycles. The molecule has 0 spiro atoms. The van der Waals surface area contributed by atoms with Gasteiger partial charge in [0.15, 0.2) is 8.68 Å². The molecule has 6 aromatic rings. The Morgan fingerprint density at radius 1 is 0.791 bits per heavy atom. The third-order valence-electron chi connectivity index (χ3n) is 6.66. The van der Waals surface area contributed by atoms with Gasteiger partial charge in [0.25, 0.3) is 11.8 Å². The van der Waals surface area contributed by atoms with Crippen molar-refractivity contribution in [1.29, 1.82) is 0 Å². The molecule has 12 heteroatoms. The van der Waals surface area contributed by atoms with Gasteiger partial charge in [0.05, 0.1) is 43.0 Å². The summed E-state index contributed by atoms with van der Waals surface area (Å²) < 4.78 is 4.63. The Hall–Kier alpha value is -3.55. The summed E-state index contributed by atoms with van der Waals surface area (Å²) in [7, 11) is 0. The first kappa shape index (κ1) is 28.2. The number of carbonyl (C=O) groups is 3. The zero-order valence-corrected chi connectivity index (χ0v) is 26.9. The molecular weight excluding hydrogens is 685 g/mol. The molecule has 3 amide bonds. The number of carbonyl (C=O) groups excluding carboxylic acids is 3. The van der Waals surface area contributed by atoms with Gasteiger partial charge in [-0.3, -0.25) is 14.4 Å². The van der Waals surface area contributed by atoms with Crippen LogP contribution in [-0.2, 0) is 10.5 Å². The summed E-state index contributed by atoms with van der Waals surface area (Å²) in [5.74, 6) is 0.236. The summed E-state index contributed by atoms with van der Waals surface area (Å²) in [5, 5.41) is 2.98. The third kappa shape index (κ3) is 5.85. The van der Waals surface area contributed by atoms with Crippen LogP contribution in [0.4, 0.5) is 11.4 Å². The molecule has 0 saturated carbocycles. The van der Waals surface area contributed by atoms with E-state index in [9.17, 15) is 14.4 Å². The van der Waals surface area contributed by atoms with E-state index in [-0.39, 0.29) is 23.5 Å². The van der Waals surface area contributed by atoms with E-state index >= 15 is 0 Å². The van der Waals surface area contributed by atoms with Gasteiger partial charge in [-0.2, -0.15) is 0 Å². The second-order valence-electron chi connectivity index (χ2n) is 9.54. The highest BCUT2D eigenvalue weighted by Crippen LogP contribution is 2.36. The van der Waals surface area contributed by atoms with Crippen LogP contribution in [0.15, 0.2) is 98.1 Å². The van der Waals surface area contributed by atoms with Crippen molar-refractivity contribution in [1.82, 2.24) is 9.97 Å². The van der Waals surface area contributed by atoms with Gasteiger partial charge in [0.1, 0.15) is 0 Å². The summed E-state index contributed by atoms with van der Waals surface area (Å²) in [6.45, 7) is 0. The number of hydrogen-bond donors (Lipinski definition) is 1. The van der Waals surface area contributed by atoms with Crippen LogP contribution in [0, 0.1) is 0 Å². The van der Waals surface area contributed by atoms with Crippen molar-refractivity contribution in [2.45, 2.75) is 14.4 Å². The molecule has 0 fully saturated rings. The first-order chi connectivity index (χ1) is 20.9. The molecule has 7 nitrogen and oxygen atoms in total. The number of imide groups is 1. The van der Waals surface area contributed by atoms with Crippen molar-refractivity contribution in [3.8, 4) is 0 Å². The largest absolute Gasteiger partial charge is 0.325 e. The second kappa shape index (κ2) is 11.9. The highest BCUT2D eigenvalue weighted by atomic mass is 79.9. The fraction of sp³-hybridized carbons (Fsp3) is 0.0645. The number of rotatable bonds is 8. The Balaban J connectivity index is 0.978. The predicted molar refractivity (Wildman–Crippen MR) is 180 cm³/mol. The number of hydrogen-bond acceptors (Lipinski definition) is 9. The second-order valence-corrected chi connectivity index (χ2v) is 15.0. The molecule has 43 heavy (non-hydrogen) atoms. The lowest BCUT2D eigenvalue weighted by Gasteiger charge is -2.13. The molecule has 0 bridgehead atoms. The first-order valence-electron chi connectivity index (χ1n) is 13.0. The fourth-order valence-electron chi connectivity index (χ4n) is 4.61. The Morgan fingerprint density at radius 3 is 2.12 bits per heavy atom. The van der Waals surface area contributed by atoms with Crippen LogP contribution in [0.5, 0.6) is 0 Å². The van der Waals surface area contributed by atoms with E-state index in [2.05, 4.69) is 38.4 Å². The number of nitrogens with one attached hydrogen (secondary N) is 1. The molecule has 1 aliphatic rings. The molecule has 0 atom stereocenters. The molecule has 3 heterocycles. The number of anilines is 2. The minimum absolute atomic E-state index is 0.135. The molecule has 212 valence electrons. The van der Waals surface area contributed by atoms with Crippen molar-refractivity contribution >= 4 is 112 Å². The number of benzene rings is 4. The van der Waals surface area contributed by atoms with Crippen LogP contribution >= 0.6 is 62.1 Å². The van der Waals surface area contributed by atoms with E-state index in [1.807, 2.05) is 30.3 Å². The number of fused-ring (bicyclic) bond motifs is 3. The molecule has 0 saturated heterocycles. The van der Waals surface area contributed by atoms with Crippen molar-refractivity contribution in [2.75, 3.05) is 16.0 Å². The summed E-state index contributed by atoms with van der Waals surface area (Å²) in [6.07, 6.45) is 0. The number of amides is 3. The number of nitrogens with zero attached hydrogens (tertiary/aromatic N) is 3. The normalized spacial score (nSPS) is 12.8. The molecule has 1 aliphatic heterocycles. The van der Waals surface area contributed by atoms with Crippen LogP contribution in [0.25, 0.3) is 20.4 Å². The summed E-state index contributed by atoms with van der Waals surface area (Å²) in [5.41, 5.74) is 4.93. The van der Waals surface area contributed by atoms with E-state index in [1.165, 1.54) is 33.6 Å². The molecular formula is C31H19BrN4O3S4. The van der Waals surface area contributed by atoms with E-state index in [1.54, 1.807) is 65.6 Å². The average molecular weight is 704 g/mol. The Bertz CT molecular complexity index is 2020. The smallest absolute Gasteiger partial charge is 0.266 e. The van der Waals surface area contributed by atoms with E-state index in [0.29, 0.717) is 16.8 Å². The molecule has 7 rings (SSSR count). The average Bonchev–Trinajstić information content (AvgIpc) is 3.69. The highest BCUT2D eigenvalue weighted by molar-refractivity contribution is 9.10. The van der Waals surface area contributed by atoms with Gasteiger partial charge in [-0.1, -0.05) is 63.7 Å². The summed E-state index contributed by atoms with van der Waals surface area (Å²) in [6, 6.07) is 26.2. The van der Waals surface area contributed by atoms with Gasteiger partial charge in [0, 0.05) is 15.9 Å². The van der Waals surface area contributed by atoms with Crippen LogP contribution in [0.1, 0.15) is 26.3 Å². The van der Waals surface area contributed by atoms with E-state index in [0.717, 1.165) is 45.0 Å². The van der Waals surface area contributed by atoms with Gasteiger partial charge < -0.3 is 5.32 Å². The quantitative estimate of drug-likeness (QED) is 0.126. The van der Waals surface area contributed by atoms with E-state index in [4.69, 9.17) is 4.98 Å². The first-order valence-corrected chi connectivity index (χ1v) is 17.4. The zero-order chi connectivity index (χ0) is 29.5. The van der Waals surface area contributed by atoms with Gasteiger partial charge in [-0.15, -0.1) is 22.7 Å². The maximum absolute atomic E-state index is 12.9. The lowest BCUT2D eigenvalue weighted by atomic mass is 10.1. The lowest BCUT2D eigenvalue weighted by Crippen LogP contribution is -2.29. The van der Waals surface area contributed by atoms with Crippen molar-refractivity contribution in [3.63, 3.8) is 0 Å². The topological polar surface area (TPSA) is 92.3 Å². The molecule has 1 N–H and O–H groups in total. The molecule has 0 aliphatic carbocycles. The fourth-order valence-corrected chi connectivity index (χ4v) is 8.84. The minimum atomic E-state index is -0.331. The van der Waals surface area contributed by atoms with Crippen LogP contribution in [0.3, 0.4) is 0 Å². The molecule has 0 unspecified atom stereocenters. The van der Waals surface area contributed by atoms with Crippen molar-refractivity contribution in [3.05, 3.63) is 106 Å². The number of aromatic nitrogens is 2. The third-order valence-corrected chi connectivity index (χ3v) is 11.6. The Kier molecular flexibility index (Phi) is 7.78. The summed E-state index contributed by atoms with van der Waals surface area (Å²) >= 11 is 9.55. The molecule has 2 aromatic heterocycles.